The monoisotopic (exact) mass is 245 g/mol. The summed E-state index contributed by atoms with van der Waals surface area (Å²) in [5.74, 6) is 1.74. The van der Waals surface area contributed by atoms with Gasteiger partial charge in [0.2, 0.25) is 0 Å². The molecule has 0 aliphatic rings. The summed E-state index contributed by atoms with van der Waals surface area (Å²) in [6, 6.07) is 0. The SMILES string of the molecule is CC(C)Cn1cc(CCCCSS)nn1. The highest BCUT2D eigenvalue weighted by atomic mass is 33.1. The summed E-state index contributed by atoms with van der Waals surface area (Å²) in [6.45, 7) is 5.33. The van der Waals surface area contributed by atoms with Crippen LogP contribution in [0.3, 0.4) is 0 Å². The topological polar surface area (TPSA) is 30.7 Å². The predicted octanol–water partition coefficient (Wildman–Crippen LogP) is 2.83. The first-order valence-corrected chi connectivity index (χ1v) is 7.41. The number of hydrogen-bond acceptors (Lipinski definition) is 4. The zero-order chi connectivity index (χ0) is 11.1. The van der Waals surface area contributed by atoms with E-state index in [1.54, 1.807) is 10.8 Å². The van der Waals surface area contributed by atoms with Crippen molar-refractivity contribution in [2.75, 3.05) is 5.75 Å². The maximum Gasteiger partial charge on any atom is 0.0827 e. The Balaban J connectivity index is 2.26. The summed E-state index contributed by atoms with van der Waals surface area (Å²) in [5, 5.41) is 8.26. The summed E-state index contributed by atoms with van der Waals surface area (Å²) >= 11 is 4.11. The van der Waals surface area contributed by atoms with Gasteiger partial charge >= 0.3 is 0 Å². The maximum absolute atomic E-state index is 4.15. The Labute approximate surface area is 101 Å². The lowest BCUT2D eigenvalue weighted by molar-refractivity contribution is 0.472. The molecule has 0 aliphatic carbocycles. The molecule has 1 aromatic heterocycles. The van der Waals surface area contributed by atoms with Crippen molar-refractivity contribution in [3.05, 3.63) is 11.9 Å². The van der Waals surface area contributed by atoms with Crippen LogP contribution in [0.2, 0.25) is 0 Å². The lowest BCUT2D eigenvalue weighted by Crippen LogP contribution is -2.04. The van der Waals surface area contributed by atoms with Crippen molar-refractivity contribution in [3.8, 4) is 0 Å². The van der Waals surface area contributed by atoms with Gasteiger partial charge in [-0.1, -0.05) is 29.9 Å². The van der Waals surface area contributed by atoms with Gasteiger partial charge in [-0.15, -0.1) is 16.8 Å². The van der Waals surface area contributed by atoms with Crippen LogP contribution < -0.4 is 0 Å². The minimum Gasteiger partial charge on any atom is -0.252 e. The zero-order valence-electron chi connectivity index (χ0n) is 9.39. The molecule has 0 saturated heterocycles. The quantitative estimate of drug-likeness (QED) is 0.455. The Bertz CT molecular complexity index is 273. The van der Waals surface area contributed by atoms with Crippen LogP contribution in [0.15, 0.2) is 6.20 Å². The van der Waals surface area contributed by atoms with Gasteiger partial charge in [-0.05, 0) is 25.2 Å². The number of hydrogen-bond donors (Lipinski definition) is 1. The fourth-order valence-corrected chi connectivity index (χ4v) is 2.11. The summed E-state index contributed by atoms with van der Waals surface area (Å²) in [7, 11) is 1.60. The van der Waals surface area contributed by atoms with Crippen molar-refractivity contribution in [2.24, 2.45) is 5.92 Å². The fraction of sp³-hybridized carbons (Fsp3) is 0.800. The van der Waals surface area contributed by atoms with Crippen LogP contribution in [0, 0.1) is 5.92 Å². The minimum absolute atomic E-state index is 0.625. The number of aryl methyl sites for hydroxylation is 1. The van der Waals surface area contributed by atoms with Crippen LogP contribution in [-0.2, 0) is 13.0 Å². The maximum atomic E-state index is 4.15. The lowest BCUT2D eigenvalue weighted by atomic mass is 10.2. The molecule has 86 valence electrons. The van der Waals surface area contributed by atoms with Gasteiger partial charge in [0.05, 0.1) is 5.69 Å². The molecular formula is C10H19N3S2. The van der Waals surface area contributed by atoms with E-state index >= 15 is 0 Å². The molecule has 15 heavy (non-hydrogen) atoms. The van der Waals surface area contributed by atoms with E-state index in [4.69, 9.17) is 0 Å². The van der Waals surface area contributed by atoms with Gasteiger partial charge in [0.25, 0.3) is 0 Å². The average Bonchev–Trinajstić information content (AvgIpc) is 2.59. The minimum atomic E-state index is 0.625. The lowest BCUT2D eigenvalue weighted by Gasteiger charge is -2.01. The highest BCUT2D eigenvalue weighted by molar-refractivity contribution is 8.68. The van der Waals surface area contributed by atoms with Gasteiger partial charge < -0.3 is 0 Å². The molecule has 0 atom stereocenters. The molecular weight excluding hydrogens is 226 g/mol. The van der Waals surface area contributed by atoms with Gasteiger partial charge in [-0.3, -0.25) is 4.68 Å². The van der Waals surface area contributed by atoms with E-state index in [0.29, 0.717) is 5.92 Å². The third kappa shape index (κ3) is 5.47. The number of rotatable bonds is 7. The number of thiol groups is 1. The number of unbranched alkanes of at least 4 members (excludes halogenated alkanes) is 1. The van der Waals surface area contributed by atoms with E-state index in [2.05, 4.69) is 42.0 Å². The third-order valence-corrected chi connectivity index (χ3v) is 3.08. The molecule has 0 amide bonds. The Morgan fingerprint density at radius 1 is 1.47 bits per heavy atom. The number of nitrogens with zero attached hydrogens (tertiary/aromatic N) is 3. The highest BCUT2D eigenvalue weighted by Gasteiger charge is 2.02. The molecule has 0 radical (unpaired) electrons. The van der Waals surface area contributed by atoms with E-state index in [1.165, 1.54) is 12.8 Å². The van der Waals surface area contributed by atoms with Gasteiger partial charge in [0.1, 0.15) is 0 Å². The molecule has 3 nitrogen and oxygen atoms in total. The van der Waals surface area contributed by atoms with E-state index in [1.807, 2.05) is 4.68 Å². The molecule has 1 rings (SSSR count). The highest BCUT2D eigenvalue weighted by Crippen LogP contribution is 2.10. The Morgan fingerprint density at radius 2 is 2.27 bits per heavy atom. The molecule has 5 heteroatoms. The molecule has 0 saturated carbocycles. The van der Waals surface area contributed by atoms with E-state index < -0.39 is 0 Å². The van der Waals surface area contributed by atoms with Crippen LogP contribution >= 0.6 is 22.5 Å². The van der Waals surface area contributed by atoms with Crippen LogP contribution in [0.1, 0.15) is 32.4 Å². The Kier molecular flexibility index (Phi) is 6.17. The first-order chi connectivity index (χ1) is 7.22. The molecule has 0 N–H and O–H groups in total. The summed E-state index contributed by atoms with van der Waals surface area (Å²) in [6.07, 6.45) is 5.47. The van der Waals surface area contributed by atoms with Crippen LogP contribution in [-0.4, -0.2) is 20.7 Å². The summed E-state index contributed by atoms with van der Waals surface area (Å²) in [4.78, 5) is 0. The molecule has 1 aromatic rings. The summed E-state index contributed by atoms with van der Waals surface area (Å²) in [5.41, 5.74) is 1.11. The first kappa shape index (κ1) is 12.9. The van der Waals surface area contributed by atoms with Crippen molar-refractivity contribution < 1.29 is 0 Å². The molecule has 0 aliphatic heterocycles. The zero-order valence-corrected chi connectivity index (χ0v) is 11.1. The predicted molar refractivity (Wildman–Crippen MR) is 69.2 cm³/mol. The van der Waals surface area contributed by atoms with Gasteiger partial charge in [0, 0.05) is 18.5 Å². The van der Waals surface area contributed by atoms with Crippen LogP contribution in [0.25, 0.3) is 0 Å². The first-order valence-electron chi connectivity index (χ1n) is 5.37. The molecule has 0 unspecified atom stereocenters. The Hall–Kier alpha value is -0.160. The van der Waals surface area contributed by atoms with Crippen molar-refractivity contribution in [1.82, 2.24) is 15.0 Å². The second kappa shape index (κ2) is 7.17. The van der Waals surface area contributed by atoms with Crippen molar-refractivity contribution >= 4 is 22.5 Å². The molecule has 1 heterocycles. The smallest absolute Gasteiger partial charge is 0.0827 e. The normalized spacial score (nSPS) is 11.2. The average molecular weight is 245 g/mol. The standard InChI is InChI=1S/C10H19N3S2/c1-9(2)7-13-8-10(11-12-13)5-3-4-6-15-14/h8-9,14H,3-7H2,1-2H3. The molecule has 0 bridgehead atoms. The molecule has 0 aromatic carbocycles. The summed E-state index contributed by atoms with van der Waals surface area (Å²) < 4.78 is 1.94. The van der Waals surface area contributed by atoms with Gasteiger partial charge in [-0.25, -0.2) is 0 Å². The van der Waals surface area contributed by atoms with Crippen molar-refractivity contribution in [2.45, 2.75) is 39.7 Å². The number of aromatic nitrogens is 3. The largest absolute Gasteiger partial charge is 0.252 e. The van der Waals surface area contributed by atoms with Gasteiger partial charge in [-0.2, -0.15) is 0 Å². The van der Waals surface area contributed by atoms with Crippen LogP contribution in [0.4, 0.5) is 0 Å². The van der Waals surface area contributed by atoms with Crippen LogP contribution in [0.5, 0.6) is 0 Å². The second-order valence-electron chi connectivity index (χ2n) is 4.12. The van der Waals surface area contributed by atoms with E-state index in [0.717, 1.165) is 24.4 Å². The van der Waals surface area contributed by atoms with Gasteiger partial charge in [0.15, 0.2) is 0 Å². The van der Waals surface area contributed by atoms with E-state index in [9.17, 15) is 0 Å². The Morgan fingerprint density at radius 3 is 2.93 bits per heavy atom. The second-order valence-corrected chi connectivity index (χ2v) is 5.56. The van der Waals surface area contributed by atoms with Crippen molar-refractivity contribution in [1.29, 1.82) is 0 Å². The van der Waals surface area contributed by atoms with E-state index in [-0.39, 0.29) is 0 Å². The molecule has 0 spiro atoms. The third-order valence-electron chi connectivity index (χ3n) is 2.06. The molecule has 0 fully saturated rings. The van der Waals surface area contributed by atoms with Crippen molar-refractivity contribution in [3.63, 3.8) is 0 Å². The fourth-order valence-electron chi connectivity index (χ4n) is 1.39.